The summed E-state index contributed by atoms with van der Waals surface area (Å²) >= 11 is 0. The molecule has 1 unspecified atom stereocenters. The second-order valence-electron chi connectivity index (χ2n) is 6.97. The fourth-order valence-corrected chi connectivity index (χ4v) is 3.50. The predicted molar refractivity (Wildman–Crippen MR) is 89.3 cm³/mol. The summed E-state index contributed by atoms with van der Waals surface area (Å²) in [6.07, 6.45) is 7.82. The lowest BCUT2D eigenvalue weighted by Crippen LogP contribution is -2.39. The monoisotopic (exact) mass is 337 g/mol. The van der Waals surface area contributed by atoms with Crippen LogP contribution in [0.1, 0.15) is 59.7 Å². The minimum Gasteiger partial charge on any atom is -0.339 e. The molecule has 3 aromatic rings. The molecule has 1 amide bonds. The third-order valence-corrected chi connectivity index (χ3v) is 5.09. The van der Waals surface area contributed by atoms with E-state index in [9.17, 15) is 4.79 Å². The Kier molecular flexibility index (Phi) is 3.33. The molecule has 1 aliphatic carbocycles. The van der Waals surface area contributed by atoms with Crippen molar-refractivity contribution in [2.75, 3.05) is 13.1 Å². The molecule has 4 heterocycles. The Bertz CT molecular complexity index is 926. The SMILES string of the molecule is O=C(c1cc2cccn2cn1)N1CCCC(c2noc(C3CC3)n2)C1. The van der Waals surface area contributed by atoms with Crippen LogP contribution in [0.15, 0.2) is 35.2 Å². The number of hydrogen-bond donors (Lipinski definition) is 0. The lowest BCUT2D eigenvalue weighted by Gasteiger charge is -2.31. The van der Waals surface area contributed by atoms with Crippen LogP contribution in [0.5, 0.6) is 0 Å². The first-order chi connectivity index (χ1) is 12.3. The van der Waals surface area contributed by atoms with E-state index >= 15 is 0 Å². The van der Waals surface area contributed by atoms with Gasteiger partial charge in [0.2, 0.25) is 5.89 Å². The van der Waals surface area contributed by atoms with Crippen molar-refractivity contribution in [1.82, 2.24) is 24.4 Å². The molecule has 5 rings (SSSR count). The largest absolute Gasteiger partial charge is 0.339 e. The molecule has 0 spiro atoms. The van der Waals surface area contributed by atoms with Gasteiger partial charge >= 0.3 is 0 Å². The number of nitrogens with zero attached hydrogens (tertiary/aromatic N) is 5. The van der Waals surface area contributed by atoms with Crippen molar-refractivity contribution in [1.29, 1.82) is 0 Å². The molecule has 25 heavy (non-hydrogen) atoms. The van der Waals surface area contributed by atoms with Crippen molar-refractivity contribution in [2.24, 2.45) is 0 Å². The van der Waals surface area contributed by atoms with Gasteiger partial charge < -0.3 is 13.8 Å². The van der Waals surface area contributed by atoms with Crippen LogP contribution in [0.2, 0.25) is 0 Å². The molecular formula is C18H19N5O2. The van der Waals surface area contributed by atoms with Gasteiger partial charge in [0.1, 0.15) is 5.69 Å². The summed E-state index contributed by atoms with van der Waals surface area (Å²) in [6.45, 7) is 1.37. The molecule has 1 atom stereocenters. The zero-order valence-electron chi connectivity index (χ0n) is 13.8. The van der Waals surface area contributed by atoms with Crippen LogP contribution in [-0.2, 0) is 0 Å². The molecule has 3 aromatic heterocycles. The predicted octanol–water partition coefficient (Wildman–Crippen LogP) is 2.61. The number of likely N-dealkylation sites (tertiary alicyclic amines) is 1. The van der Waals surface area contributed by atoms with E-state index < -0.39 is 0 Å². The molecular weight excluding hydrogens is 318 g/mol. The van der Waals surface area contributed by atoms with Crippen LogP contribution >= 0.6 is 0 Å². The molecule has 2 aliphatic rings. The molecule has 1 aliphatic heterocycles. The van der Waals surface area contributed by atoms with Crippen LogP contribution in [0.25, 0.3) is 5.52 Å². The average Bonchev–Trinajstić information content (AvgIpc) is 3.20. The molecule has 0 aromatic carbocycles. The number of rotatable bonds is 3. The fourth-order valence-electron chi connectivity index (χ4n) is 3.50. The maximum atomic E-state index is 12.9. The quantitative estimate of drug-likeness (QED) is 0.734. The highest BCUT2D eigenvalue weighted by Crippen LogP contribution is 2.39. The van der Waals surface area contributed by atoms with Gasteiger partial charge in [-0.2, -0.15) is 4.98 Å². The van der Waals surface area contributed by atoms with E-state index in [1.54, 1.807) is 6.33 Å². The van der Waals surface area contributed by atoms with Gasteiger partial charge in [0.05, 0.1) is 6.33 Å². The van der Waals surface area contributed by atoms with Crippen molar-refractivity contribution in [3.63, 3.8) is 0 Å². The second kappa shape index (κ2) is 5.68. The molecule has 0 N–H and O–H groups in total. The molecule has 7 nitrogen and oxygen atoms in total. The standard InChI is InChI=1S/C18H19N5O2/c24-18(15-9-14-4-2-8-23(14)11-19-15)22-7-1-3-13(10-22)16-20-17(25-21-16)12-5-6-12/h2,4,8-9,11-13H,1,3,5-7,10H2. The summed E-state index contributed by atoms with van der Waals surface area (Å²) in [5.41, 5.74) is 1.46. The van der Waals surface area contributed by atoms with Crippen molar-refractivity contribution < 1.29 is 9.32 Å². The van der Waals surface area contributed by atoms with Gasteiger partial charge in [0.15, 0.2) is 5.82 Å². The smallest absolute Gasteiger partial charge is 0.272 e. The van der Waals surface area contributed by atoms with E-state index in [0.29, 0.717) is 18.2 Å². The van der Waals surface area contributed by atoms with E-state index in [1.807, 2.05) is 33.7 Å². The zero-order chi connectivity index (χ0) is 16.8. The first kappa shape index (κ1) is 14.6. The van der Waals surface area contributed by atoms with Gasteiger partial charge in [-0.05, 0) is 43.9 Å². The van der Waals surface area contributed by atoms with Gasteiger partial charge in [0, 0.05) is 36.6 Å². The Morgan fingerprint density at radius 1 is 1.24 bits per heavy atom. The van der Waals surface area contributed by atoms with Gasteiger partial charge in [-0.1, -0.05) is 5.16 Å². The number of fused-ring (bicyclic) bond motifs is 1. The lowest BCUT2D eigenvalue weighted by atomic mass is 9.97. The van der Waals surface area contributed by atoms with Crippen LogP contribution in [-0.4, -0.2) is 43.4 Å². The Labute approximate surface area is 144 Å². The summed E-state index contributed by atoms with van der Waals surface area (Å²) in [7, 11) is 0. The lowest BCUT2D eigenvalue weighted by molar-refractivity contribution is 0.0697. The summed E-state index contributed by atoms with van der Waals surface area (Å²) in [6, 6.07) is 5.75. The van der Waals surface area contributed by atoms with Crippen molar-refractivity contribution >= 4 is 11.4 Å². The van der Waals surface area contributed by atoms with Crippen molar-refractivity contribution in [3.05, 3.63) is 48.1 Å². The van der Waals surface area contributed by atoms with Gasteiger partial charge in [-0.3, -0.25) is 4.79 Å². The third-order valence-electron chi connectivity index (χ3n) is 5.09. The summed E-state index contributed by atoms with van der Waals surface area (Å²) in [5, 5.41) is 4.16. The summed E-state index contributed by atoms with van der Waals surface area (Å²) < 4.78 is 7.28. The number of aromatic nitrogens is 4. The molecule has 2 fully saturated rings. The minimum absolute atomic E-state index is 0.0284. The molecule has 0 radical (unpaired) electrons. The van der Waals surface area contributed by atoms with Crippen LogP contribution in [0.4, 0.5) is 0 Å². The molecule has 128 valence electrons. The first-order valence-electron chi connectivity index (χ1n) is 8.83. The van der Waals surface area contributed by atoms with Crippen LogP contribution < -0.4 is 0 Å². The first-order valence-corrected chi connectivity index (χ1v) is 8.83. The maximum absolute atomic E-state index is 12.9. The molecule has 1 saturated heterocycles. The topological polar surface area (TPSA) is 76.5 Å². The highest BCUT2D eigenvalue weighted by atomic mass is 16.5. The molecule has 1 saturated carbocycles. The summed E-state index contributed by atoms with van der Waals surface area (Å²) in [5.74, 6) is 2.08. The van der Waals surface area contributed by atoms with Crippen LogP contribution in [0.3, 0.4) is 0 Å². The Morgan fingerprint density at radius 2 is 2.16 bits per heavy atom. The van der Waals surface area contributed by atoms with Gasteiger partial charge in [0.25, 0.3) is 5.91 Å². The second-order valence-corrected chi connectivity index (χ2v) is 6.97. The number of hydrogen-bond acceptors (Lipinski definition) is 5. The zero-order valence-corrected chi connectivity index (χ0v) is 13.8. The number of amides is 1. The third kappa shape index (κ3) is 2.69. The Hall–Kier alpha value is -2.70. The Morgan fingerprint density at radius 3 is 3.04 bits per heavy atom. The molecule has 7 heteroatoms. The maximum Gasteiger partial charge on any atom is 0.272 e. The normalized spacial score (nSPS) is 21.0. The van der Waals surface area contributed by atoms with E-state index in [2.05, 4.69) is 15.1 Å². The van der Waals surface area contributed by atoms with E-state index in [0.717, 1.165) is 49.5 Å². The Balaban J connectivity index is 1.34. The molecule has 0 bridgehead atoms. The van der Waals surface area contributed by atoms with Gasteiger partial charge in [-0.15, -0.1) is 0 Å². The van der Waals surface area contributed by atoms with Crippen molar-refractivity contribution in [3.8, 4) is 0 Å². The fraction of sp³-hybridized carbons (Fsp3) is 0.444. The highest BCUT2D eigenvalue weighted by Gasteiger charge is 2.33. The van der Waals surface area contributed by atoms with E-state index in [-0.39, 0.29) is 11.8 Å². The summed E-state index contributed by atoms with van der Waals surface area (Å²) in [4.78, 5) is 23.6. The van der Waals surface area contributed by atoms with Gasteiger partial charge in [-0.25, -0.2) is 4.98 Å². The van der Waals surface area contributed by atoms with E-state index in [1.165, 1.54) is 0 Å². The minimum atomic E-state index is -0.0284. The average molecular weight is 337 g/mol. The highest BCUT2D eigenvalue weighted by molar-refractivity contribution is 5.93. The number of piperidine rings is 1. The number of carbonyl (C=O) groups is 1. The number of carbonyl (C=O) groups excluding carboxylic acids is 1. The van der Waals surface area contributed by atoms with Crippen molar-refractivity contribution in [2.45, 2.75) is 37.5 Å². The van der Waals surface area contributed by atoms with E-state index in [4.69, 9.17) is 4.52 Å². The van der Waals surface area contributed by atoms with Crippen LogP contribution in [0, 0.1) is 0 Å².